The van der Waals surface area contributed by atoms with E-state index in [2.05, 4.69) is 19.3 Å². The van der Waals surface area contributed by atoms with Crippen LogP contribution in [-0.2, 0) is 0 Å². The summed E-state index contributed by atoms with van der Waals surface area (Å²) in [5.41, 5.74) is 3.71. The van der Waals surface area contributed by atoms with Gasteiger partial charge < -0.3 is 4.74 Å². The highest BCUT2D eigenvalue weighted by Crippen LogP contribution is 2.41. The Kier molecular flexibility index (Phi) is 5.60. The zero-order chi connectivity index (χ0) is 14.7. The molecule has 0 spiro atoms. The molecule has 1 heterocycles. The fraction of sp³-hybridized carbons (Fsp3) is 0.571. The van der Waals surface area contributed by atoms with Gasteiger partial charge in [-0.05, 0) is 17.7 Å². The third-order valence-electron chi connectivity index (χ3n) is 3.66. The lowest BCUT2D eigenvalue weighted by molar-refractivity contribution is 0.385. The largest absolute Gasteiger partial charge is 0.494 e. The fourth-order valence-corrected chi connectivity index (χ4v) is 5.38. The first-order chi connectivity index (χ1) is 9.56. The molecular weight excluding hydrogens is 295 g/mol. The highest BCUT2D eigenvalue weighted by Gasteiger charge is 2.32. The molecule has 20 heavy (non-hydrogen) atoms. The van der Waals surface area contributed by atoms with Crippen LogP contribution in [-0.4, -0.2) is 28.6 Å². The van der Waals surface area contributed by atoms with E-state index in [-0.39, 0.29) is 17.6 Å². The zero-order valence-corrected chi connectivity index (χ0v) is 13.6. The highest BCUT2D eigenvalue weighted by atomic mass is 32.2. The molecule has 0 radical (unpaired) electrons. The van der Waals surface area contributed by atoms with Crippen LogP contribution in [0.5, 0.6) is 5.75 Å². The van der Waals surface area contributed by atoms with Gasteiger partial charge in [0.15, 0.2) is 11.6 Å². The Bertz CT molecular complexity index is 461. The second kappa shape index (κ2) is 7.02. The van der Waals surface area contributed by atoms with Crippen molar-refractivity contribution in [1.82, 2.24) is 5.43 Å². The Morgan fingerprint density at radius 1 is 1.40 bits per heavy atom. The summed E-state index contributed by atoms with van der Waals surface area (Å²) in [5.74, 6) is 6.64. The van der Waals surface area contributed by atoms with Crippen LogP contribution in [0.2, 0.25) is 0 Å². The van der Waals surface area contributed by atoms with Crippen LogP contribution in [0.15, 0.2) is 18.2 Å². The Balaban J connectivity index is 2.17. The minimum Gasteiger partial charge on any atom is -0.494 e. The Hall–Kier alpha value is -0.430. The summed E-state index contributed by atoms with van der Waals surface area (Å²) in [5, 5.41) is 1.55. The average Bonchev–Trinajstić information content (AvgIpc) is 2.44. The average molecular weight is 316 g/mol. The van der Waals surface area contributed by atoms with E-state index >= 15 is 0 Å². The van der Waals surface area contributed by atoms with Gasteiger partial charge in [-0.1, -0.05) is 19.9 Å². The van der Waals surface area contributed by atoms with Gasteiger partial charge in [0.2, 0.25) is 0 Å². The first kappa shape index (κ1) is 15.9. The van der Waals surface area contributed by atoms with Crippen LogP contribution in [0.1, 0.15) is 25.5 Å². The first-order valence-electron chi connectivity index (χ1n) is 6.63. The quantitative estimate of drug-likeness (QED) is 0.660. The molecule has 1 aromatic rings. The molecule has 4 atom stereocenters. The van der Waals surface area contributed by atoms with Gasteiger partial charge in [0.25, 0.3) is 0 Å². The lowest BCUT2D eigenvalue weighted by Gasteiger charge is -2.35. The van der Waals surface area contributed by atoms with Crippen molar-refractivity contribution in [3.8, 4) is 5.75 Å². The first-order valence-corrected chi connectivity index (χ1v) is 8.62. The summed E-state index contributed by atoms with van der Waals surface area (Å²) in [6.07, 6.45) is 0. The van der Waals surface area contributed by atoms with E-state index in [1.54, 1.807) is 6.07 Å². The number of hydrazine groups is 1. The van der Waals surface area contributed by atoms with Crippen LogP contribution < -0.4 is 16.0 Å². The number of thioether (sulfide) groups is 2. The molecule has 1 aromatic carbocycles. The topological polar surface area (TPSA) is 47.3 Å². The lowest BCUT2D eigenvalue weighted by Crippen LogP contribution is -2.40. The van der Waals surface area contributed by atoms with Crippen LogP contribution >= 0.6 is 23.5 Å². The number of nitrogens with one attached hydrogen (secondary N) is 1. The van der Waals surface area contributed by atoms with Crippen LogP contribution in [0.4, 0.5) is 4.39 Å². The second-order valence-electron chi connectivity index (χ2n) is 4.96. The molecule has 1 saturated heterocycles. The van der Waals surface area contributed by atoms with E-state index in [4.69, 9.17) is 10.6 Å². The molecule has 0 bridgehead atoms. The predicted molar refractivity (Wildman–Crippen MR) is 85.8 cm³/mol. The van der Waals surface area contributed by atoms with Crippen molar-refractivity contribution in [3.05, 3.63) is 29.6 Å². The van der Waals surface area contributed by atoms with Gasteiger partial charge in [-0.15, -0.1) is 0 Å². The molecule has 0 amide bonds. The monoisotopic (exact) mass is 316 g/mol. The minimum absolute atomic E-state index is 0.0529. The molecule has 1 aliphatic rings. The molecule has 4 unspecified atom stereocenters. The summed E-state index contributed by atoms with van der Waals surface area (Å²) in [6.45, 7) is 4.48. The molecule has 0 aromatic heterocycles. The number of hydrogen-bond acceptors (Lipinski definition) is 5. The third-order valence-corrected chi connectivity index (χ3v) is 7.16. The van der Waals surface area contributed by atoms with Crippen LogP contribution in [0.3, 0.4) is 0 Å². The summed E-state index contributed by atoms with van der Waals surface area (Å²) >= 11 is 3.87. The van der Waals surface area contributed by atoms with Crippen molar-refractivity contribution in [2.75, 3.05) is 12.9 Å². The van der Waals surface area contributed by atoms with Crippen molar-refractivity contribution in [3.63, 3.8) is 0 Å². The van der Waals surface area contributed by atoms with Gasteiger partial charge in [-0.25, -0.2) is 4.39 Å². The number of methoxy groups -OCH3 is 1. The molecule has 1 fully saturated rings. The number of nitrogens with two attached hydrogens (primary N) is 1. The molecule has 3 N–H and O–H groups in total. The molecule has 3 nitrogen and oxygen atoms in total. The maximum absolute atomic E-state index is 13.8. The standard InChI is InChI=1S/C14H21FN2OS2/c1-8-9(2)20-13(7-19-8)14(17-16)10-4-5-12(18-3)11(15)6-10/h4-6,8-9,13-14,17H,7,16H2,1-3H3. The lowest BCUT2D eigenvalue weighted by atomic mass is 10.0. The maximum Gasteiger partial charge on any atom is 0.165 e. The zero-order valence-electron chi connectivity index (χ0n) is 11.9. The van der Waals surface area contributed by atoms with E-state index in [1.807, 2.05) is 29.6 Å². The van der Waals surface area contributed by atoms with Crippen molar-refractivity contribution in [2.45, 2.75) is 35.6 Å². The highest BCUT2D eigenvalue weighted by molar-refractivity contribution is 8.07. The second-order valence-corrected chi connectivity index (χ2v) is 7.99. The van der Waals surface area contributed by atoms with Gasteiger partial charge in [0.05, 0.1) is 13.2 Å². The number of hydrogen-bond donors (Lipinski definition) is 2. The summed E-state index contributed by atoms with van der Waals surface area (Å²) in [4.78, 5) is 0. The van der Waals surface area contributed by atoms with E-state index in [9.17, 15) is 4.39 Å². The van der Waals surface area contributed by atoms with Crippen molar-refractivity contribution < 1.29 is 9.13 Å². The van der Waals surface area contributed by atoms with Gasteiger partial charge in [0.1, 0.15) is 0 Å². The third kappa shape index (κ3) is 3.42. The molecule has 0 saturated carbocycles. The van der Waals surface area contributed by atoms with Crippen LogP contribution in [0, 0.1) is 5.82 Å². The molecule has 6 heteroatoms. The molecule has 2 rings (SSSR count). The van der Waals surface area contributed by atoms with Crippen LogP contribution in [0.25, 0.3) is 0 Å². The number of benzene rings is 1. The minimum atomic E-state index is -0.347. The Morgan fingerprint density at radius 2 is 2.15 bits per heavy atom. The van der Waals surface area contributed by atoms with Crippen molar-refractivity contribution >= 4 is 23.5 Å². The van der Waals surface area contributed by atoms with Crippen molar-refractivity contribution in [1.29, 1.82) is 0 Å². The normalized spacial score (nSPS) is 28.1. The van der Waals surface area contributed by atoms with Gasteiger partial charge in [0, 0.05) is 21.5 Å². The SMILES string of the molecule is COc1ccc(C(NN)C2CSC(C)C(C)S2)cc1F. The summed E-state index contributed by atoms with van der Waals surface area (Å²) in [6, 6.07) is 4.99. The Labute approximate surface area is 128 Å². The maximum atomic E-state index is 13.8. The number of ether oxygens (including phenoxy) is 1. The van der Waals surface area contributed by atoms with Crippen molar-refractivity contribution in [2.24, 2.45) is 5.84 Å². The van der Waals surface area contributed by atoms with E-state index < -0.39 is 0 Å². The molecule has 112 valence electrons. The summed E-state index contributed by atoms with van der Waals surface area (Å²) in [7, 11) is 1.47. The predicted octanol–water partition coefficient (Wildman–Crippen LogP) is 2.96. The fourth-order valence-electron chi connectivity index (χ4n) is 2.28. The van der Waals surface area contributed by atoms with E-state index in [0.29, 0.717) is 15.7 Å². The Morgan fingerprint density at radius 3 is 2.70 bits per heavy atom. The number of rotatable bonds is 4. The molecule has 1 aliphatic heterocycles. The van der Waals surface area contributed by atoms with E-state index in [1.165, 1.54) is 13.2 Å². The smallest absolute Gasteiger partial charge is 0.165 e. The molecule has 0 aliphatic carbocycles. The van der Waals surface area contributed by atoms with Gasteiger partial charge in [-0.3, -0.25) is 11.3 Å². The van der Waals surface area contributed by atoms with Gasteiger partial charge >= 0.3 is 0 Å². The summed E-state index contributed by atoms with van der Waals surface area (Å²) < 4.78 is 18.8. The van der Waals surface area contributed by atoms with Gasteiger partial charge in [-0.2, -0.15) is 23.5 Å². The molecular formula is C14H21FN2OS2. The van der Waals surface area contributed by atoms with E-state index in [0.717, 1.165) is 11.3 Å². The number of halogens is 1.